The van der Waals surface area contributed by atoms with Crippen molar-refractivity contribution in [1.82, 2.24) is 0 Å². The smallest absolute Gasteiger partial charge is 0.277 e. The van der Waals surface area contributed by atoms with E-state index in [1.165, 1.54) is 12.5 Å². The summed E-state index contributed by atoms with van der Waals surface area (Å²) in [6.45, 7) is -0.307. The van der Waals surface area contributed by atoms with Crippen molar-refractivity contribution in [2.75, 3.05) is 6.54 Å². The van der Waals surface area contributed by atoms with Crippen LogP contribution in [0.2, 0.25) is 0 Å². The van der Waals surface area contributed by atoms with Crippen LogP contribution in [0.3, 0.4) is 0 Å². The van der Waals surface area contributed by atoms with E-state index < -0.39 is 27.0 Å². The van der Waals surface area contributed by atoms with Gasteiger partial charge in [-0.05, 0) is 12.1 Å². The van der Waals surface area contributed by atoms with E-state index >= 15 is 0 Å². The highest BCUT2D eigenvalue weighted by molar-refractivity contribution is 5.99. The number of nitro benzene ring substituents is 2. The van der Waals surface area contributed by atoms with Gasteiger partial charge < -0.3 is 4.42 Å². The number of non-ortho nitro benzene ring substituents is 2. The molecular weight excluding hydrogens is 294 g/mol. The zero-order chi connectivity index (χ0) is 16.1. The van der Waals surface area contributed by atoms with Gasteiger partial charge >= 0.3 is 0 Å². The van der Waals surface area contributed by atoms with E-state index in [9.17, 15) is 25.0 Å². The molecule has 22 heavy (non-hydrogen) atoms. The first-order valence-corrected chi connectivity index (χ1v) is 5.98. The highest BCUT2D eigenvalue weighted by Crippen LogP contribution is 2.23. The lowest BCUT2D eigenvalue weighted by Crippen LogP contribution is -2.05. The first kappa shape index (κ1) is 15.0. The molecule has 0 radical (unpaired) electrons. The van der Waals surface area contributed by atoms with E-state index in [1.54, 1.807) is 12.1 Å². The van der Waals surface area contributed by atoms with E-state index in [0.717, 1.165) is 18.2 Å². The molecule has 0 N–H and O–H groups in total. The third-order valence-electron chi connectivity index (χ3n) is 2.64. The fourth-order valence-electron chi connectivity index (χ4n) is 1.64. The number of hydrogen-bond acceptors (Lipinski definition) is 7. The maximum Gasteiger partial charge on any atom is 0.277 e. The SMILES string of the molecule is O=C(CN=Cc1ccco1)c1cc([N+](=O)[O-])cc([N+](=O)[O-])c1. The van der Waals surface area contributed by atoms with Gasteiger partial charge in [-0.2, -0.15) is 0 Å². The number of nitro groups is 2. The van der Waals surface area contributed by atoms with E-state index in [-0.39, 0.29) is 12.1 Å². The van der Waals surface area contributed by atoms with Gasteiger partial charge in [0, 0.05) is 17.7 Å². The van der Waals surface area contributed by atoms with Gasteiger partial charge in [0.2, 0.25) is 0 Å². The Balaban J connectivity index is 2.21. The molecule has 9 heteroatoms. The topological polar surface area (TPSA) is 129 Å². The number of ketones is 1. The third kappa shape index (κ3) is 3.60. The van der Waals surface area contributed by atoms with Crippen LogP contribution < -0.4 is 0 Å². The van der Waals surface area contributed by atoms with Gasteiger partial charge in [0.15, 0.2) is 5.78 Å². The Labute approximate surface area is 123 Å². The van der Waals surface area contributed by atoms with E-state index in [2.05, 4.69) is 4.99 Å². The van der Waals surface area contributed by atoms with Gasteiger partial charge in [-0.1, -0.05) is 0 Å². The third-order valence-corrected chi connectivity index (χ3v) is 2.64. The molecule has 0 spiro atoms. The van der Waals surface area contributed by atoms with Gasteiger partial charge in [0.05, 0.1) is 28.4 Å². The normalized spacial score (nSPS) is 10.7. The number of aliphatic imine (C=N–C) groups is 1. The average Bonchev–Trinajstić information content (AvgIpc) is 2.99. The fraction of sp³-hybridized carbons (Fsp3) is 0.0769. The molecule has 112 valence electrons. The Hall–Kier alpha value is -3.36. The standard InChI is InChI=1S/C13H9N3O6/c17-13(8-14-7-12-2-1-3-22-12)9-4-10(15(18)19)6-11(5-9)16(20)21/h1-7H,8H2. The van der Waals surface area contributed by atoms with Crippen LogP contribution in [-0.4, -0.2) is 28.4 Å². The van der Waals surface area contributed by atoms with Crippen molar-refractivity contribution >= 4 is 23.4 Å². The molecular formula is C13H9N3O6. The Morgan fingerprint density at radius 1 is 1.18 bits per heavy atom. The van der Waals surface area contributed by atoms with Crippen LogP contribution in [0.5, 0.6) is 0 Å². The summed E-state index contributed by atoms with van der Waals surface area (Å²) in [5, 5.41) is 21.5. The zero-order valence-corrected chi connectivity index (χ0v) is 11.0. The van der Waals surface area contributed by atoms with Gasteiger partial charge in [0.1, 0.15) is 12.3 Å². The zero-order valence-electron chi connectivity index (χ0n) is 11.0. The molecule has 0 saturated heterocycles. The minimum absolute atomic E-state index is 0.141. The summed E-state index contributed by atoms with van der Waals surface area (Å²) in [5.74, 6) is -0.132. The molecule has 1 aromatic heterocycles. The van der Waals surface area contributed by atoms with Crippen molar-refractivity contribution in [3.63, 3.8) is 0 Å². The van der Waals surface area contributed by atoms with Crippen molar-refractivity contribution < 1.29 is 19.1 Å². The maximum absolute atomic E-state index is 11.9. The van der Waals surface area contributed by atoms with Crippen LogP contribution in [0, 0.1) is 20.2 Å². The van der Waals surface area contributed by atoms with Crippen molar-refractivity contribution in [1.29, 1.82) is 0 Å². The van der Waals surface area contributed by atoms with E-state index in [4.69, 9.17) is 4.42 Å². The molecule has 0 saturated carbocycles. The van der Waals surface area contributed by atoms with Gasteiger partial charge in [0.25, 0.3) is 11.4 Å². The lowest BCUT2D eigenvalue weighted by molar-refractivity contribution is -0.394. The quantitative estimate of drug-likeness (QED) is 0.348. The predicted octanol–water partition coefficient (Wildman–Crippen LogP) is 2.40. The molecule has 0 aliphatic heterocycles. The number of Topliss-reactive ketones (excluding diaryl/α,β-unsaturated/α-hetero) is 1. The van der Waals surface area contributed by atoms with Gasteiger partial charge in [-0.15, -0.1) is 0 Å². The van der Waals surface area contributed by atoms with Crippen LogP contribution in [0.25, 0.3) is 0 Å². The number of carbonyl (C=O) groups is 1. The van der Waals surface area contributed by atoms with Crippen LogP contribution >= 0.6 is 0 Å². The second-order valence-corrected chi connectivity index (χ2v) is 4.16. The molecule has 2 aromatic rings. The number of benzene rings is 1. The molecule has 0 fully saturated rings. The average molecular weight is 303 g/mol. The van der Waals surface area contributed by atoms with E-state index in [0.29, 0.717) is 5.76 Å². The lowest BCUT2D eigenvalue weighted by Gasteiger charge is -1.99. The van der Waals surface area contributed by atoms with Crippen LogP contribution in [0.15, 0.2) is 46.0 Å². The minimum atomic E-state index is -0.796. The molecule has 0 amide bonds. The summed E-state index contributed by atoms with van der Waals surface area (Å²) >= 11 is 0. The first-order chi connectivity index (χ1) is 10.5. The summed E-state index contributed by atoms with van der Waals surface area (Å²) in [7, 11) is 0. The monoisotopic (exact) mass is 303 g/mol. The summed E-state index contributed by atoms with van der Waals surface area (Å²) in [5.41, 5.74) is -1.18. The number of nitrogens with zero attached hydrogens (tertiary/aromatic N) is 3. The Bertz CT molecular complexity index is 719. The van der Waals surface area contributed by atoms with E-state index in [1.807, 2.05) is 0 Å². The number of furan rings is 1. The molecule has 1 heterocycles. The summed E-state index contributed by atoms with van der Waals surface area (Å²) in [6.07, 6.45) is 2.76. The van der Waals surface area contributed by atoms with Crippen molar-refractivity contribution in [2.24, 2.45) is 4.99 Å². The molecule has 0 aliphatic rings. The number of hydrogen-bond donors (Lipinski definition) is 0. The molecule has 0 unspecified atom stereocenters. The number of rotatable bonds is 6. The second-order valence-electron chi connectivity index (χ2n) is 4.16. The highest BCUT2D eigenvalue weighted by atomic mass is 16.6. The summed E-state index contributed by atoms with van der Waals surface area (Å²) in [4.78, 5) is 35.7. The molecule has 0 atom stereocenters. The highest BCUT2D eigenvalue weighted by Gasteiger charge is 2.19. The van der Waals surface area contributed by atoms with Crippen LogP contribution in [-0.2, 0) is 0 Å². The first-order valence-electron chi connectivity index (χ1n) is 5.98. The Kier molecular flexibility index (Phi) is 4.37. The van der Waals surface area contributed by atoms with Crippen molar-refractivity contribution in [3.8, 4) is 0 Å². The number of carbonyl (C=O) groups excluding carboxylic acids is 1. The maximum atomic E-state index is 11.9. The second kappa shape index (κ2) is 6.39. The molecule has 1 aromatic carbocycles. The summed E-state index contributed by atoms with van der Waals surface area (Å²) in [6, 6.07) is 6.04. The molecule has 9 nitrogen and oxygen atoms in total. The molecule has 0 bridgehead atoms. The van der Waals surface area contributed by atoms with Crippen molar-refractivity contribution in [3.05, 3.63) is 68.1 Å². The fourth-order valence-corrected chi connectivity index (χ4v) is 1.64. The predicted molar refractivity (Wildman–Crippen MR) is 75.3 cm³/mol. The van der Waals surface area contributed by atoms with Crippen LogP contribution in [0.1, 0.15) is 16.1 Å². The van der Waals surface area contributed by atoms with Crippen LogP contribution in [0.4, 0.5) is 11.4 Å². The van der Waals surface area contributed by atoms with Gasteiger partial charge in [-0.3, -0.25) is 30.0 Å². The Morgan fingerprint density at radius 2 is 1.82 bits per heavy atom. The Morgan fingerprint density at radius 3 is 2.32 bits per heavy atom. The summed E-state index contributed by atoms with van der Waals surface area (Å²) < 4.78 is 4.98. The van der Waals surface area contributed by atoms with Crippen molar-refractivity contribution in [2.45, 2.75) is 0 Å². The minimum Gasteiger partial charge on any atom is -0.463 e. The molecule has 0 aliphatic carbocycles. The lowest BCUT2D eigenvalue weighted by atomic mass is 10.1. The molecule has 2 rings (SSSR count). The largest absolute Gasteiger partial charge is 0.463 e. The van der Waals surface area contributed by atoms with Gasteiger partial charge in [-0.25, -0.2) is 0 Å².